The molecule has 7 heteroatoms. The number of aromatic nitrogens is 3. The molecular weight excluding hydrogens is 330 g/mol. The van der Waals surface area contributed by atoms with Gasteiger partial charge in [0.1, 0.15) is 5.75 Å². The second-order valence-electron chi connectivity index (χ2n) is 7.10. The molecule has 3 heterocycles. The zero-order valence-corrected chi connectivity index (χ0v) is 15.4. The first kappa shape index (κ1) is 17.0. The van der Waals surface area contributed by atoms with Gasteiger partial charge in [-0.3, -0.25) is 9.69 Å². The fraction of sp³-hybridized carbons (Fsp3) is 0.526. The number of ether oxygens (including phenoxy) is 1. The fourth-order valence-electron chi connectivity index (χ4n) is 3.91. The summed E-state index contributed by atoms with van der Waals surface area (Å²) in [6.45, 7) is 3.14. The lowest BCUT2D eigenvalue weighted by Gasteiger charge is -2.29. The lowest BCUT2D eigenvalue weighted by molar-refractivity contribution is -0.132. The minimum Gasteiger partial charge on any atom is -0.497 e. The average molecular weight is 355 g/mol. The summed E-state index contributed by atoms with van der Waals surface area (Å²) in [5.41, 5.74) is 0.996. The zero-order chi connectivity index (χ0) is 18.1. The second-order valence-corrected chi connectivity index (χ2v) is 7.10. The first-order valence-corrected chi connectivity index (χ1v) is 9.18. The molecule has 1 aromatic heterocycles. The van der Waals surface area contributed by atoms with Gasteiger partial charge in [0.25, 0.3) is 0 Å². The van der Waals surface area contributed by atoms with E-state index in [0.29, 0.717) is 25.6 Å². The monoisotopic (exact) mass is 355 g/mol. The number of amides is 1. The Bertz CT molecular complexity index is 786. The van der Waals surface area contributed by atoms with Crippen LogP contribution in [0.2, 0.25) is 0 Å². The highest BCUT2D eigenvalue weighted by atomic mass is 16.5. The third kappa shape index (κ3) is 3.19. The highest BCUT2D eigenvalue weighted by Gasteiger charge is 2.31. The van der Waals surface area contributed by atoms with E-state index in [1.165, 1.54) is 6.42 Å². The molecule has 1 fully saturated rings. The number of rotatable bonds is 4. The van der Waals surface area contributed by atoms with E-state index in [1.54, 1.807) is 7.11 Å². The molecule has 1 amide bonds. The number of carbonyl (C=O) groups excluding carboxylic acids is 1. The molecule has 1 saturated heterocycles. The van der Waals surface area contributed by atoms with Crippen LogP contribution in [0.25, 0.3) is 0 Å². The van der Waals surface area contributed by atoms with Crippen LogP contribution in [0, 0.1) is 0 Å². The molecule has 2 aliphatic heterocycles. The Hall–Kier alpha value is -2.41. The third-order valence-corrected chi connectivity index (χ3v) is 5.47. The van der Waals surface area contributed by atoms with Crippen LogP contribution in [0.4, 0.5) is 0 Å². The number of likely N-dealkylation sites (tertiary alicyclic amines) is 1. The largest absolute Gasteiger partial charge is 0.497 e. The number of fused-ring (bicyclic) bond motifs is 1. The van der Waals surface area contributed by atoms with Crippen molar-refractivity contribution in [3.63, 3.8) is 0 Å². The van der Waals surface area contributed by atoms with Crippen molar-refractivity contribution in [2.45, 2.75) is 38.4 Å². The van der Waals surface area contributed by atoms with Crippen LogP contribution in [0.5, 0.6) is 5.75 Å². The van der Waals surface area contributed by atoms with Crippen LogP contribution < -0.4 is 4.74 Å². The van der Waals surface area contributed by atoms with Gasteiger partial charge in [-0.15, -0.1) is 10.2 Å². The Kier molecular flexibility index (Phi) is 4.63. The minimum absolute atomic E-state index is 0.129. The van der Waals surface area contributed by atoms with E-state index in [-0.39, 0.29) is 5.91 Å². The maximum atomic E-state index is 12.7. The summed E-state index contributed by atoms with van der Waals surface area (Å²) in [7, 11) is 3.79. The fourth-order valence-corrected chi connectivity index (χ4v) is 3.91. The number of nitrogens with zero attached hydrogens (tertiary/aromatic N) is 5. The number of carbonyl (C=O) groups is 1. The van der Waals surface area contributed by atoms with Gasteiger partial charge in [-0.2, -0.15) is 0 Å². The van der Waals surface area contributed by atoms with Crippen molar-refractivity contribution in [1.29, 1.82) is 0 Å². The van der Waals surface area contributed by atoms with Crippen molar-refractivity contribution < 1.29 is 9.53 Å². The molecule has 1 unspecified atom stereocenters. The Labute approximate surface area is 153 Å². The van der Waals surface area contributed by atoms with Gasteiger partial charge in [0.05, 0.1) is 26.1 Å². The second kappa shape index (κ2) is 7.07. The van der Waals surface area contributed by atoms with E-state index in [0.717, 1.165) is 42.5 Å². The Balaban J connectivity index is 1.43. The lowest BCUT2D eigenvalue weighted by atomic mass is 10.1. The topological polar surface area (TPSA) is 63.5 Å². The van der Waals surface area contributed by atoms with Crippen molar-refractivity contribution in [2.75, 3.05) is 27.2 Å². The van der Waals surface area contributed by atoms with Crippen LogP contribution in [0.15, 0.2) is 24.3 Å². The van der Waals surface area contributed by atoms with Gasteiger partial charge in [0.15, 0.2) is 11.6 Å². The zero-order valence-electron chi connectivity index (χ0n) is 15.4. The number of hydrogen-bond acceptors (Lipinski definition) is 5. The number of methoxy groups -OCH3 is 1. The quantitative estimate of drug-likeness (QED) is 0.834. The predicted octanol–water partition coefficient (Wildman–Crippen LogP) is 1.64. The van der Waals surface area contributed by atoms with E-state index in [4.69, 9.17) is 4.74 Å². The van der Waals surface area contributed by atoms with Crippen LogP contribution in [-0.2, 0) is 24.3 Å². The number of hydrogen-bond donors (Lipinski definition) is 0. The summed E-state index contributed by atoms with van der Waals surface area (Å²) in [4.78, 5) is 16.9. The summed E-state index contributed by atoms with van der Waals surface area (Å²) in [6, 6.07) is 8.02. The van der Waals surface area contributed by atoms with Crippen LogP contribution >= 0.6 is 0 Å². The standard InChI is InChI=1S/C19H25N5O2/c1-22-9-3-4-16(22)19-21-20-17-13-23(10-11-24(17)19)18(25)12-14-5-7-15(26-2)8-6-14/h5-8,16H,3-4,9-13H2,1-2H3. The molecule has 4 rings (SSSR count). The first-order chi connectivity index (χ1) is 12.7. The molecule has 1 atom stereocenters. The molecule has 2 aromatic rings. The summed E-state index contributed by atoms with van der Waals surface area (Å²) in [5.74, 6) is 2.89. The van der Waals surface area contributed by atoms with Crippen LogP contribution in [0.1, 0.15) is 36.1 Å². The Morgan fingerprint density at radius 3 is 2.69 bits per heavy atom. The molecule has 1 aromatic carbocycles. The molecule has 26 heavy (non-hydrogen) atoms. The molecule has 0 bridgehead atoms. The maximum Gasteiger partial charge on any atom is 0.227 e. The Morgan fingerprint density at radius 1 is 1.19 bits per heavy atom. The number of benzene rings is 1. The van der Waals surface area contributed by atoms with Crippen LogP contribution in [0.3, 0.4) is 0 Å². The van der Waals surface area contributed by atoms with Gasteiger partial charge >= 0.3 is 0 Å². The van der Waals surface area contributed by atoms with Gasteiger partial charge in [0.2, 0.25) is 5.91 Å². The van der Waals surface area contributed by atoms with E-state index in [9.17, 15) is 4.79 Å². The smallest absolute Gasteiger partial charge is 0.227 e. The molecule has 0 N–H and O–H groups in total. The molecular formula is C19H25N5O2. The third-order valence-electron chi connectivity index (χ3n) is 5.47. The van der Waals surface area contributed by atoms with Gasteiger partial charge in [-0.05, 0) is 44.1 Å². The van der Waals surface area contributed by atoms with Gasteiger partial charge in [-0.1, -0.05) is 12.1 Å². The van der Waals surface area contributed by atoms with Gasteiger partial charge in [-0.25, -0.2) is 0 Å². The van der Waals surface area contributed by atoms with E-state index >= 15 is 0 Å². The maximum absolute atomic E-state index is 12.7. The summed E-state index contributed by atoms with van der Waals surface area (Å²) < 4.78 is 7.38. The summed E-state index contributed by atoms with van der Waals surface area (Å²) in [5, 5.41) is 8.82. The van der Waals surface area contributed by atoms with Crippen molar-refractivity contribution in [1.82, 2.24) is 24.6 Å². The van der Waals surface area contributed by atoms with Gasteiger partial charge < -0.3 is 14.2 Å². The van der Waals surface area contributed by atoms with E-state index in [2.05, 4.69) is 26.7 Å². The highest BCUT2D eigenvalue weighted by Crippen LogP contribution is 2.30. The first-order valence-electron chi connectivity index (χ1n) is 9.18. The van der Waals surface area contributed by atoms with E-state index < -0.39 is 0 Å². The van der Waals surface area contributed by atoms with Crippen molar-refractivity contribution in [3.05, 3.63) is 41.5 Å². The molecule has 0 saturated carbocycles. The molecule has 0 spiro atoms. The molecule has 0 radical (unpaired) electrons. The summed E-state index contributed by atoms with van der Waals surface area (Å²) in [6.07, 6.45) is 2.74. The van der Waals surface area contributed by atoms with Crippen LogP contribution in [-0.4, -0.2) is 57.7 Å². The SMILES string of the molecule is COc1ccc(CC(=O)N2CCn3c(nnc3C3CCCN3C)C2)cc1. The normalized spacial score (nSPS) is 20.2. The van der Waals surface area contributed by atoms with E-state index in [1.807, 2.05) is 29.2 Å². The van der Waals surface area contributed by atoms with Gasteiger partial charge in [0, 0.05) is 13.1 Å². The lowest BCUT2D eigenvalue weighted by Crippen LogP contribution is -2.40. The molecule has 0 aliphatic carbocycles. The minimum atomic E-state index is 0.129. The Morgan fingerprint density at radius 2 is 2.00 bits per heavy atom. The predicted molar refractivity (Wildman–Crippen MR) is 96.7 cm³/mol. The van der Waals surface area contributed by atoms with Crippen molar-refractivity contribution in [2.24, 2.45) is 0 Å². The molecule has 2 aliphatic rings. The molecule has 138 valence electrons. The average Bonchev–Trinajstić information content (AvgIpc) is 3.27. The highest BCUT2D eigenvalue weighted by molar-refractivity contribution is 5.78. The van der Waals surface area contributed by atoms with Crippen molar-refractivity contribution in [3.8, 4) is 5.75 Å². The molecule has 7 nitrogen and oxygen atoms in total. The summed E-state index contributed by atoms with van der Waals surface area (Å²) >= 11 is 0. The van der Waals surface area contributed by atoms with Crippen molar-refractivity contribution >= 4 is 5.91 Å².